The fourth-order valence-corrected chi connectivity index (χ4v) is 2.87. The molecule has 0 radical (unpaired) electrons. The molecule has 1 fully saturated rings. The Labute approximate surface area is 117 Å². The molecule has 2 nitrogen and oxygen atoms in total. The molecule has 1 heterocycles. The number of rotatable bonds is 6. The molecule has 106 valence electrons. The van der Waals surface area contributed by atoms with Crippen LogP contribution in [0.25, 0.3) is 0 Å². The van der Waals surface area contributed by atoms with Crippen molar-refractivity contribution >= 4 is 0 Å². The van der Waals surface area contributed by atoms with E-state index in [2.05, 4.69) is 33.8 Å². The van der Waals surface area contributed by atoms with Gasteiger partial charge >= 0.3 is 0 Å². The molecule has 2 atom stereocenters. The predicted molar refractivity (Wildman–Crippen MR) is 79.1 cm³/mol. The molecule has 0 aliphatic carbocycles. The zero-order chi connectivity index (χ0) is 14.0. The quantitative estimate of drug-likeness (QED) is 0.719. The van der Waals surface area contributed by atoms with Crippen molar-refractivity contribution in [2.45, 2.75) is 66.1 Å². The molecular weight excluding hydrogens is 236 g/mol. The first-order valence-corrected chi connectivity index (χ1v) is 7.46. The normalized spacial score (nSPS) is 21.5. The van der Waals surface area contributed by atoms with Crippen molar-refractivity contribution in [1.29, 1.82) is 0 Å². The highest BCUT2D eigenvalue weighted by molar-refractivity contribution is 5.48. The molecule has 0 aromatic heterocycles. The third-order valence-electron chi connectivity index (χ3n) is 4.28. The molecule has 2 heteroatoms. The van der Waals surface area contributed by atoms with E-state index in [-0.39, 0.29) is 0 Å². The van der Waals surface area contributed by atoms with E-state index in [0.717, 1.165) is 31.6 Å². The van der Waals surface area contributed by atoms with E-state index in [0.29, 0.717) is 12.2 Å². The topological polar surface area (TPSA) is 21.8 Å². The number of epoxide rings is 1. The van der Waals surface area contributed by atoms with Crippen LogP contribution in [0.2, 0.25) is 0 Å². The lowest BCUT2D eigenvalue weighted by atomic mass is 9.93. The summed E-state index contributed by atoms with van der Waals surface area (Å²) >= 11 is 0. The standard InChI is InChI=1S/C17H26O2/c1-6-15-16(19-15)9-8-14-11(3)10-17(18-7-2)13(5)12(14)4/h10,15-16H,6-9H2,1-5H3. The first-order chi connectivity index (χ1) is 9.08. The molecule has 1 aliphatic rings. The Balaban J connectivity index is 2.10. The van der Waals surface area contributed by atoms with Crippen LogP contribution in [0, 0.1) is 20.8 Å². The smallest absolute Gasteiger partial charge is 0.122 e. The van der Waals surface area contributed by atoms with Gasteiger partial charge in [0.25, 0.3) is 0 Å². The SMILES string of the molecule is CCOc1cc(C)c(CCC2OC2CC)c(C)c1C. The number of ether oxygens (including phenoxy) is 2. The highest BCUT2D eigenvalue weighted by Gasteiger charge is 2.36. The summed E-state index contributed by atoms with van der Waals surface area (Å²) in [5.41, 5.74) is 5.50. The molecule has 1 aliphatic heterocycles. The molecule has 0 spiro atoms. The van der Waals surface area contributed by atoms with E-state index < -0.39 is 0 Å². The Bertz CT molecular complexity index is 451. The van der Waals surface area contributed by atoms with Gasteiger partial charge in [-0.1, -0.05) is 6.92 Å². The molecule has 0 bridgehead atoms. The lowest BCUT2D eigenvalue weighted by Crippen LogP contribution is -2.04. The number of hydrogen-bond donors (Lipinski definition) is 0. The van der Waals surface area contributed by atoms with Gasteiger partial charge in [-0.25, -0.2) is 0 Å². The number of benzene rings is 1. The Hall–Kier alpha value is -1.02. The van der Waals surface area contributed by atoms with E-state index in [1.165, 1.54) is 22.3 Å². The van der Waals surface area contributed by atoms with Crippen LogP contribution < -0.4 is 4.74 Å². The van der Waals surface area contributed by atoms with Crippen LogP contribution in [0.3, 0.4) is 0 Å². The maximum atomic E-state index is 5.70. The zero-order valence-electron chi connectivity index (χ0n) is 12.9. The van der Waals surface area contributed by atoms with E-state index in [9.17, 15) is 0 Å². The monoisotopic (exact) mass is 262 g/mol. The second-order valence-corrected chi connectivity index (χ2v) is 5.51. The highest BCUT2D eigenvalue weighted by atomic mass is 16.6. The zero-order valence-corrected chi connectivity index (χ0v) is 12.9. The summed E-state index contributed by atoms with van der Waals surface area (Å²) in [6.45, 7) is 11.5. The van der Waals surface area contributed by atoms with Crippen LogP contribution in [0.4, 0.5) is 0 Å². The number of aryl methyl sites for hydroxylation is 1. The van der Waals surface area contributed by atoms with Crippen LogP contribution in [-0.4, -0.2) is 18.8 Å². The second-order valence-electron chi connectivity index (χ2n) is 5.51. The van der Waals surface area contributed by atoms with E-state index >= 15 is 0 Å². The van der Waals surface area contributed by atoms with Gasteiger partial charge in [-0.2, -0.15) is 0 Å². The second kappa shape index (κ2) is 5.96. The van der Waals surface area contributed by atoms with E-state index in [4.69, 9.17) is 9.47 Å². The van der Waals surface area contributed by atoms with Gasteiger partial charge in [-0.05, 0) is 75.3 Å². The third kappa shape index (κ3) is 3.11. The van der Waals surface area contributed by atoms with Gasteiger partial charge in [0.05, 0.1) is 18.8 Å². The summed E-state index contributed by atoms with van der Waals surface area (Å²) in [6, 6.07) is 2.19. The van der Waals surface area contributed by atoms with Crippen molar-refractivity contribution in [3.63, 3.8) is 0 Å². The average Bonchev–Trinajstić information content (AvgIpc) is 3.14. The van der Waals surface area contributed by atoms with Crippen molar-refractivity contribution in [3.8, 4) is 5.75 Å². The van der Waals surface area contributed by atoms with Gasteiger partial charge < -0.3 is 9.47 Å². The Kier molecular flexibility index (Phi) is 4.51. The maximum absolute atomic E-state index is 5.70. The first-order valence-electron chi connectivity index (χ1n) is 7.46. The third-order valence-corrected chi connectivity index (χ3v) is 4.28. The minimum absolute atomic E-state index is 0.496. The molecule has 2 unspecified atom stereocenters. The fourth-order valence-electron chi connectivity index (χ4n) is 2.87. The van der Waals surface area contributed by atoms with Crippen LogP contribution in [0.15, 0.2) is 6.07 Å². The number of hydrogen-bond acceptors (Lipinski definition) is 2. The summed E-state index contributed by atoms with van der Waals surface area (Å²) < 4.78 is 11.3. The van der Waals surface area contributed by atoms with Crippen molar-refractivity contribution in [2.75, 3.05) is 6.61 Å². The van der Waals surface area contributed by atoms with Crippen molar-refractivity contribution < 1.29 is 9.47 Å². The Morgan fingerprint density at radius 2 is 1.84 bits per heavy atom. The fraction of sp³-hybridized carbons (Fsp3) is 0.647. The van der Waals surface area contributed by atoms with Crippen molar-refractivity contribution in [3.05, 3.63) is 28.3 Å². The summed E-state index contributed by atoms with van der Waals surface area (Å²) in [6.07, 6.45) is 4.42. The van der Waals surface area contributed by atoms with Gasteiger partial charge in [-0.3, -0.25) is 0 Å². The van der Waals surface area contributed by atoms with Gasteiger partial charge in [0.15, 0.2) is 0 Å². The first kappa shape index (κ1) is 14.4. The van der Waals surface area contributed by atoms with Crippen LogP contribution in [-0.2, 0) is 11.2 Å². The van der Waals surface area contributed by atoms with Gasteiger partial charge in [0.1, 0.15) is 5.75 Å². The predicted octanol–water partition coefficient (Wildman–Crippen LogP) is 4.12. The summed E-state index contributed by atoms with van der Waals surface area (Å²) in [4.78, 5) is 0. The minimum Gasteiger partial charge on any atom is -0.494 e. The lowest BCUT2D eigenvalue weighted by Gasteiger charge is -2.16. The largest absolute Gasteiger partial charge is 0.494 e. The van der Waals surface area contributed by atoms with Gasteiger partial charge in [-0.15, -0.1) is 0 Å². The Morgan fingerprint density at radius 1 is 1.11 bits per heavy atom. The lowest BCUT2D eigenvalue weighted by molar-refractivity contribution is 0.337. The molecule has 1 aromatic rings. The summed E-state index contributed by atoms with van der Waals surface area (Å²) in [5, 5.41) is 0. The van der Waals surface area contributed by atoms with Crippen molar-refractivity contribution in [2.24, 2.45) is 0 Å². The highest BCUT2D eigenvalue weighted by Crippen LogP contribution is 2.32. The maximum Gasteiger partial charge on any atom is 0.122 e. The average molecular weight is 262 g/mol. The molecule has 19 heavy (non-hydrogen) atoms. The summed E-state index contributed by atoms with van der Waals surface area (Å²) in [7, 11) is 0. The van der Waals surface area contributed by atoms with Crippen molar-refractivity contribution in [1.82, 2.24) is 0 Å². The molecule has 1 saturated heterocycles. The molecule has 0 amide bonds. The van der Waals surface area contributed by atoms with Gasteiger partial charge in [0, 0.05) is 0 Å². The molecular formula is C17H26O2. The molecule has 0 saturated carbocycles. The van der Waals surface area contributed by atoms with E-state index in [1.54, 1.807) is 0 Å². The minimum atomic E-state index is 0.496. The summed E-state index contributed by atoms with van der Waals surface area (Å²) in [5.74, 6) is 1.04. The van der Waals surface area contributed by atoms with Crippen LogP contribution >= 0.6 is 0 Å². The van der Waals surface area contributed by atoms with E-state index in [1.807, 2.05) is 6.92 Å². The van der Waals surface area contributed by atoms with Crippen LogP contribution in [0.5, 0.6) is 5.75 Å². The van der Waals surface area contributed by atoms with Gasteiger partial charge in [0.2, 0.25) is 0 Å². The Morgan fingerprint density at radius 3 is 2.42 bits per heavy atom. The molecule has 2 rings (SSSR count). The molecule has 0 N–H and O–H groups in total. The molecule has 1 aromatic carbocycles. The van der Waals surface area contributed by atoms with Crippen LogP contribution in [0.1, 0.15) is 48.9 Å².